The van der Waals surface area contributed by atoms with E-state index in [0.717, 1.165) is 21.6 Å². The van der Waals surface area contributed by atoms with Crippen molar-refractivity contribution < 1.29 is 19.0 Å². The van der Waals surface area contributed by atoms with E-state index in [4.69, 9.17) is 14.2 Å². The molecule has 0 radical (unpaired) electrons. The maximum Gasteiger partial charge on any atom is 0.267 e. The van der Waals surface area contributed by atoms with Crippen molar-refractivity contribution in [3.8, 4) is 39.8 Å². The molecule has 0 atom stereocenters. The van der Waals surface area contributed by atoms with Gasteiger partial charge in [0.05, 0.1) is 25.0 Å². The zero-order chi connectivity index (χ0) is 25.8. The lowest BCUT2D eigenvalue weighted by molar-refractivity contribution is -0.121. The molecule has 1 aliphatic rings. The number of hydrogen-bond donors (Lipinski definition) is 1. The first-order chi connectivity index (χ1) is 18.0. The monoisotopic (exact) mass is 501 g/mol. The van der Waals surface area contributed by atoms with Crippen LogP contribution >= 0.6 is 0 Å². The molecule has 3 heterocycles. The number of aromatic nitrogens is 4. The van der Waals surface area contributed by atoms with Crippen LogP contribution in [-0.4, -0.2) is 45.9 Å². The molecule has 2 aromatic heterocycles. The number of rotatable bonds is 8. The Balaban J connectivity index is 1.22. The Hall–Kier alpha value is -4.93. The molecule has 188 valence electrons. The predicted octanol–water partition coefficient (Wildman–Crippen LogP) is 1.69. The van der Waals surface area contributed by atoms with Crippen LogP contribution in [-0.2, 0) is 17.9 Å². The summed E-state index contributed by atoms with van der Waals surface area (Å²) in [6, 6.07) is 18.7. The van der Waals surface area contributed by atoms with Crippen LogP contribution in [0.15, 0.2) is 76.3 Å². The highest BCUT2D eigenvalue weighted by molar-refractivity contribution is 5.75. The van der Waals surface area contributed by atoms with E-state index in [1.807, 2.05) is 24.3 Å². The lowest BCUT2D eigenvalue weighted by atomic mass is 10.1. The summed E-state index contributed by atoms with van der Waals surface area (Å²) in [6.45, 7) is 0.188. The molecule has 11 nitrogen and oxygen atoms in total. The van der Waals surface area contributed by atoms with Gasteiger partial charge in [-0.1, -0.05) is 0 Å². The van der Waals surface area contributed by atoms with Crippen LogP contribution in [0.3, 0.4) is 0 Å². The topological polar surface area (TPSA) is 127 Å². The summed E-state index contributed by atoms with van der Waals surface area (Å²) in [5.41, 5.74) is 1.97. The molecular weight excluding hydrogens is 478 g/mol. The number of benzene rings is 2. The third-order valence-electron chi connectivity index (χ3n) is 5.73. The molecule has 1 aliphatic heterocycles. The van der Waals surface area contributed by atoms with E-state index in [0.29, 0.717) is 22.9 Å². The number of nitrogens with one attached hydrogen (secondary N) is 1. The number of hydrogen-bond acceptors (Lipinski definition) is 8. The molecule has 4 aromatic rings. The Morgan fingerprint density at radius 1 is 0.865 bits per heavy atom. The first-order valence-corrected chi connectivity index (χ1v) is 11.5. The van der Waals surface area contributed by atoms with Gasteiger partial charge < -0.3 is 19.5 Å². The van der Waals surface area contributed by atoms with Crippen molar-refractivity contribution in [1.29, 1.82) is 0 Å². The molecule has 0 bridgehead atoms. The van der Waals surface area contributed by atoms with Gasteiger partial charge in [0.25, 0.3) is 11.1 Å². The minimum atomic E-state index is -0.420. The maximum atomic E-state index is 12.5. The van der Waals surface area contributed by atoms with Crippen LogP contribution in [0.25, 0.3) is 22.5 Å². The Kier molecular flexibility index (Phi) is 6.66. The van der Waals surface area contributed by atoms with Crippen molar-refractivity contribution in [2.45, 2.75) is 13.1 Å². The van der Waals surface area contributed by atoms with Gasteiger partial charge in [-0.05, 0) is 54.6 Å². The second-order valence-electron chi connectivity index (χ2n) is 8.14. The Morgan fingerprint density at radius 2 is 1.51 bits per heavy atom. The van der Waals surface area contributed by atoms with E-state index in [1.54, 1.807) is 37.4 Å². The number of nitrogens with zero attached hydrogens (tertiary/aromatic N) is 4. The molecule has 0 fully saturated rings. The summed E-state index contributed by atoms with van der Waals surface area (Å²) in [5, 5.41) is 11.4. The van der Waals surface area contributed by atoms with Crippen molar-refractivity contribution in [3.05, 3.63) is 87.4 Å². The van der Waals surface area contributed by atoms with Crippen LogP contribution in [0, 0.1) is 0 Å². The van der Waals surface area contributed by atoms with E-state index in [9.17, 15) is 14.4 Å². The van der Waals surface area contributed by atoms with Crippen LogP contribution in [0.5, 0.6) is 17.2 Å². The first-order valence-electron chi connectivity index (χ1n) is 11.5. The second-order valence-corrected chi connectivity index (χ2v) is 8.14. The van der Waals surface area contributed by atoms with Gasteiger partial charge in [0.1, 0.15) is 12.3 Å². The summed E-state index contributed by atoms with van der Waals surface area (Å²) in [5.74, 6) is 1.53. The molecule has 0 aliphatic carbocycles. The zero-order valence-electron chi connectivity index (χ0n) is 19.9. The quantitative estimate of drug-likeness (QED) is 0.387. The van der Waals surface area contributed by atoms with E-state index >= 15 is 0 Å². The molecule has 1 amide bonds. The molecule has 0 spiro atoms. The standard InChI is InChI=1S/C26H23N5O6/c1-35-19-5-2-17(3-6-19)20-7-10-25(33)30(28-20)13-12-27-24(32)15-31-26(34)11-8-21(29-31)18-4-9-22-23(14-18)37-16-36-22/h2-11,14H,12-13,15-16H2,1H3,(H,27,32). The van der Waals surface area contributed by atoms with Gasteiger partial charge in [-0.2, -0.15) is 10.2 Å². The largest absolute Gasteiger partial charge is 0.497 e. The molecule has 37 heavy (non-hydrogen) atoms. The van der Waals surface area contributed by atoms with Crippen LogP contribution in [0.4, 0.5) is 0 Å². The van der Waals surface area contributed by atoms with Crippen LogP contribution in [0.1, 0.15) is 0 Å². The molecule has 2 aromatic carbocycles. The van der Waals surface area contributed by atoms with Crippen molar-refractivity contribution in [3.63, 3.8) is 0 Å². The van der Waals surface area contributed by atoms with Gasteiger partial charge in [-0.15, -0.1) is 0 Å². The van der Waals surface area contributed by atoms with Gasteiger partial charge in [0.2, 0.25) is 12.7 Å². The molecular formula is C26H23N5O6. The number of methoxy groups -OCH3 is 1. The number of carbonyl (C=O) groups excluding carboxylic acids is 1. The molecule has 0 saturated heterocycles. The molecule has 0 saturated carbocycles. The van der Waals surface area contributed by atoms with Gasteiger partial charge >= 0.3 is 0 Å². The van der Waals surface area contributed by atoms with Gasteiger partial charge in [-0.3, -0.25) is 14.4 Å². The highest BCUT2D eigenvalue weighted by Gasteiger charge is 2.15. The summed E-state index contributed by atoms with van der Waals surface area (Å²) in [4.78, 5) is 37.1. The van der Waals surface area contributed by atoms with Crippen molar-refractivity contribution >= 4 is 5.91 Å². The lowest BCUT2D eigenvalue weighted by Crippen LogP contribution is -2.36. The minimum absolute atomic E-state index is 0.147. The number of carbonyl (C=O) groups is 1. The van der Waals surface area contributed by atoms with Gasteiger partial charge in [0.15, 0.2) is 11.5 Å². The summed E-state index contributed by atoms with van der Waals surface area (Å²) in [6.07, 6.45) is 0. The van der Waals surface area contributed by atoms with Gasteiger partial charge in [0, 0.05) is 29.8 Å². The van der Waals surface area contributed by atoms with E-state index in [2.05, 4.69) is 15.5 Å². The fourth-order valence-electron chi connectivity index (χ4n) is 3.79. The summed E-state index contributed by atoms with van der Waals surface area (Å²) < 4.78 is 18.2. The van der Waals surface area contributed by atoms with Crippen molar-refractivity contribution in [1.82, 2.24) is 24.9 Å². The first kappa shape index (κ1) is 23.8. The molecule has 1 N–H and O–H groups in total. The third kappa shape index (κ3) is 5.35. The third-order valence-corrected chi connectivity index (χ3v) is 5.73. The number of ether oxygens (including phenoxy) is 3. The minimum Gasteiger partial charge on any atom is -0.497 e. The predicted molar refractivity (Wildman–Crippen MR) is 134 cm³/mol. The SMILES string of the molecule is COc1ccc(-c2ccc(=O)n(CCNC(=O)Cn3nc(-c4ccc5c(c4)OCO5)ccc3=O)n2)cc1. The van der Waals surface area contributed by atoms with E-state index in [1.165, 1.54) is 16.8 Å². The smallest absolute Gasteiger partial charge is 0.267 e. The molecule has 11 heteroatoms. The lowest BCUT2D eigenvalue weighted by Gasteiger charge is -2.10. The fourth-order valence-corrected chi connectivity index (χ4v) is 3.79. The van der Waals surface area contributed by atoms with Crippen LogP contribution < -0.4 is 30.6 Å². The number of fused-ring (bicyclic) bond motifs is 1. The van der Waals surface area contributed by atoms with Crippen molar-refractivity contribution in [2.24, 2.45) is 0 Å². The van der Waals surface area contributed by atoms with Crippen molar-refractivity contribution in [2.75, 3.05) is 20.4 Å². The zero-order valence-corrected chi connectivity index (χ0v) is 19.9. The molecule has 0 unspecified atom stereocenters. The summed E-state index contributed by atoms with van der Waals surface area (Å²) >= 11 is 0. The average Bonchev–Trinajstić information content (AvgIpc) is 3.39. The van der Waals surface area contributed by atoms with E-state index in [-0.39, 0.29) is 32.0 Å². The Morgan fingerprint density at radius 3 is 2.27 bits per heavy atom. The van der Waals surface area contributed by atoms with Crippen LogP contribution in [0.2, 0.25) is 0 Å². The maximum absolute atomic E-state index is 12.5. The van der Waals surface area contributed by atoms with Gasteiger partial charge in [-0.25, -0.2) is 9.36 Å². The Labute approximate surface area is 210 Å². The normalized spacial score (nSPS) is 11.8. The Bertz CT molecular complexity index is 1560. The summed E-state index contributed by atoms with van der Waals surface area (Å²) in [7, 11) is 1.59. The number of amides is 1. The highest BCUT2D eigenvalue weighted by Crippen LogP contribution is 2.35. The highest BCUT2D eigenvalue weighted by atomic mass is 16.7. The molecule has 5 rings (SSSR count). The second kappa shape index (κ2) is 10.4. The average molecular weight is 501 g/mol. The fraction of sp³-hybridized carbons (Fsp3) is 0.192. The van der Waals surface area contributed by atoms with E-state index < -0.39 is 11.5 Å².